The number of hydrogen-bond donors (Lipinski definition) is 0. The van der Waals surface area contributed by atoms with Crippen LogP contribution in [0, 0.1) is 6.92 Å². The van der Waals surface area contributed by atoms with Crippen LogP contribution in [0.15, 0.2) is 28.9 Å². The minimum Gasteiger partial charge on any atom is -0.417 e. The van der Waals surface area contributed by atoms with Crippen molar-refractivity contribution in [2.45, 2.75) is 12.8 Å². The van der Waals surface area contributed by atoms with Gasteiger partial charge >= 0.3 is 6.08 Å². The average molecular weight is 258 g/mol. The molecule has 1 aromatic heterocycles. The van der Waals surface area contributed by atoms with Crippen molar-refractivity contribution in [3.63, 3.8) is 0 Å². The van der Waals surface area contributed by atoms with Crippen LogP contribution in [0.4, 0.5) is 0 Å². The van der Waals surface area contributed by atoms with Crippen molar-refractivity contribution in [1.29, 1.82) is 0 Å². The molecule has 0 unspecified atom stereocenters. The van der Waals surface area contributed by atoms with Crippen LogP contribution < -0.4 is 4.74 Å². The summed E-state index contributed by atoms with van der Waals surface area (Å²) >= 11 is 11.6. The number of ether oxygens (including phenoxy) is 1. The van der Waals surface area contributed by atoms with Crippen LogP contribution in [-0.2, 0) is 5.88 Å². The highest BCUT2D eigenvalue weighted by Crippen LogP contribution is 2.29. The van der Waals surface area contributed by atoms with E-state index in [1.807, 2.05) is 19.1 Å². The van der Waals surface area contributed by atoms with Gasteiger partial charge in [0, 0.05) is 0 Å². The molecule has 1 heterocycles. The molecule has 0 radical (unpaired) electrons. The quantitative estimate of drug-likeness (QED) is 0.775. The molecule has 2 rings (SSSR count). The third-order valence-corrected chi connectivity index (χ3v) is 2.54. The van der Waals surface area contributed by atoms with E-state index in [-0.39, 0.29) is 12.0 Å². The van der Waals surface area contributed by atoms with E-state index in [9.17, 15) is 0 Å². The second kappa shape index (κ2) is 4.76. The van der Waals surface area contributed by atoms with Crippen LogP contribution in [0.5, 0.6) is 11.8 Å². The normalized spacial score (nSPS) is 10.4. The van der Waals surface area contributed by atoms with Gasteiger partial charge in [0.05, 0.1) is 16.6 Å². The molecular weight excluding hydrogens is 249 g/mol. The zero-order valence-electron chi connectivity index (χ0n) is 8.54. The number of rotatable bonds is 3. The van der Waals surface area contributed by atoms with Gasteiger partial charge in [-0.25, -0.2) is 0 Å². The van der Waals surface area contributed by atoms with E-state index < -0.39 is 0 Å². The molecule has 0 N–H and O–H groups in total. The van der Waals surface area contributed by atoms with Gasteiger partial charge in [0.1, 0.15) is 6.26 Å². The molecule has 0 amide bonds. The highest BCUT2D eigenvalue weighted by atomic mass is 35.5. The van der Waals surface area contributed by atoms with Gasteiger partial charge < -0.3 is 9.15 Å². The highest BCUT2D eigenvalue weighted by molar-refractivity contribution is 6.32. The molecule has 5 heteroatoms. The SMILES string of the molecule is Cc1ccc(Cl)c(Oc2nc(CCl)co2)c1. The summed E-state index contributed by atoms with van der Waals surface area (Å²) in [5.74, 6) is 0.804. The lowest BCUT2D eigenvalue weighted by atomic mass is 10.2. The summed E-state index contributed by atoms with van der Waals surface area (Å²) in [5.41, 5.74) is 1.67. The molecule has 2 aromatic rings. The number of nitrogens with zero attached hydrogens (tertiary/aromatic N) is 1. The molecule has 16 heavy (non-hydrogen) atoms. The lowest BCUT2D eigenvalue weighted by molar-refractivity contribution is 0.330. The van der Waals surface area contributed by atoms with Crippen molar-refractivity contribution >= 4 is 23.2 Å². The standard InChI is InChI=1S/C11H9Cl2NO2/c1-7-2-3-9(13)10(4-7)16-11-14-8(5-12)6-15-11/h2-4,6H,5H2,1H3. The van der Waals surface area contributed by atoms with Crippen LogP contribution >= 0.6 is 23.2 Å². The fourth-order valence-corrected chi connectivity index (χ4v) is 1.46. The van der Waals surface area contributed by atoms with Gasteiger partial charge in [-0.1, -0.05) is 17.7 Å². The summed E-state index contributed by atoms with van der Waals surface area (Å²) in [5, 5.41) is 0.510. The Morgan fingerprint density at radius 2 is 2.25 bits per heavy atom. The first kappa shape index (κ1) is 11.3. The summed E-state index contributed by atoms with van der Waals surface area (Å²) in [7, 11) is 0. The average Bonchev–Trinajstić information content (AvgIpc) is 2.71. The first-order chi connectivity index (χ1) is 7.69. The van der Waals surface area contributed by atoms with Crippen molar-refractivity contribution in [1.82, 2.24) is 4.98 Å². The van der Waals surface area contributed by atoms with E-state index in [4.69, 9.17) is 32.4 Å². The van der Waals surface area contributed by atoms with Gasteiger partial charge in [-0.15, -0.1) is 11.6 Å². The molecule has 0 saturated heterocycles. The molecule has 0 spiro atoms. The van der Waals surface area contributed by atoms with Crippen LogP contribution in [0.3, 0.4) is 0 Å². The molecule has 0 atom stereocenters. The number of halogens is 2. The van der Waals surface area contributed by atoms with Gasteiger partial charge in [0.15, 0.2) is 5.75 Å². The molecule has 84 valence electrons. The first-order valence-electron chi connectivity index (χ1n) is 4.63. The predicted molar refractivity (Wildman–Crippen MR) is 62.3 cm³/mol. The monoisotopic (exact) mass is 257 g/mol. The number of oxazole rings is 1. The van der Waals surface area contributed by atoms with Gasteiger partial charge in [-0.2, -0.15) is 4.98 Å². The van der Waals surface area contributed by atoms with Gasteiger partial charge in [-0.05, 0) is 24.6 Å². The minimum atomic E-state index is 0.142. The number of hydrogen-bond acceptors (Lipinski definition) is 3. The molecule has 0 fully saturated rings. The van der Waals surface area contributed by atoms with Crippen LogP contribution in [0.25, 0.3) is 0 Å². The molecule has 0 bridgehead atoms. The maximum absolute atomic E-state index is 5.97. The Hall–Kier alpha value is -1.19. The maximum Gasteiger partial charge on any atom is 0.399 e. The Morgan fingerprint density at radius 1 is 1.44 bits per heavy atom. The Kier molecular flexibility index (Phi) is 3.36. The fourth-order valence-electron chi connectivity index (χ4n) is 1.18. The molecule has 0 saturated carbocycles. The highest BCUT2D eigenvalue weighted by Gasteiger charge is 2.08. The minimum absolute atomic E-state index is 0.142. The second-order valence-electron chi connectivity index (χ2n) is 3.27. The van der Waals surface area contributed by atoms with E-state index in [0.717, 1.165) is 5.56 Å². The molecule has 1 aromatic carbocycles. The summed E-state index contributed by atoms with van der Waals surface area (Å²) in [6.45, 7) is 1.95. The number of aryl methyl sites for hydroxylation is 1. The molecule has 3 nitrogen and oxygen atoms in total. The van der Waals surface area contributed by atoms with E-state index in [1.54, 1.807) is 6.07 Å². The molecule has 0 aliphatic carbocycles. The lowest BCUT2D eigenvalue weighted by Gasteiger charge is -2.03. The summed E-state index contributed by atoms with van der Waals surface area (Å²) in [6, 6.07) is 5.47. The largest absolute Gasteiger partial charge is 0.417 e. The summed E-state index contributed by atoms with van der Waals surface area (Å²) in [4.78, 5) is 4.02. The smallest absolute Gasteiger partial charge is 0.399 e. The Bertz CT molecular complexity index is 496. The third-order valence-electron chi connectivity index (χ3n) is 1.95. The van der Waals surface area contributed by atoms with E-state index in [2.05, 4.69) is 4.98 Å². The van der Waals surface area contributed by atoms with E-state index in [1.165, 1.54) is 6.26 Å². The molecule has 0 aliphatic heterocycles. The Morgan fingerprint density at radius 3 is 2.94 bits per heavy atom. The van der Waals surface area contributed by atoms with Crippen molar-refractivity contribution < 1.29 is 9.15 Å². The van der Waals surface area contributed by atoms with Crippen LogP contribution in [0.2, 0.25) is 5.02 Å². The van der Waals surface area contributed by atoms with E-state index >= 15 is 0 Å². The number of aromatic nitrogens is 1. The Labute approximate surface area is 103 Å². The zero-order valence-corrected chi connectivity index (χ0v) is 10.0. The number of alkyl halides is 1. The topological polar surface area (TPSA) is 35.3 Å². The van der Waals surface area contributed by atoms with E-state index in [0.29, 0.717) is 16.5 Å². The Balaban J connectivity index is 2.22. The number of benzene rings is 1. The maximum atomic E-state index is 5.97. The predicted octanol–water partition coefficient (Wildman–Crippen LogP) is 4.17. The second-order valence-corrected chi connectivity index (χ2v) is 3.95. The first-order valence-corrected chi connectivity index (χ1v) is 5.54. The van der Waals surface area contributed by atoms with Crippen molar-refractivity contribution in [2.75, 3.05) is 0 Å². The van der Waals surface area contributed by atoms with Gasteiger partial charge in [0.2, 0.25) is 0 Å². The zero-order chi connectivity index (χ0) is 11.5. The third kappa shape index (κ3) is 2.49. The fraction of sp³-hybridized carbons (Fsp3) is 0.182. The van der Waals surface area contributed by atoms with Crippen molar-refractivity contribution in [2.24, 2.45) is 0 Å². The van der Waals surface area contributed by atoms with Crippen LogP contribution in [0.1, 0.15) is 11.3 Å². The summed E-state index contributed by atoms with van der Waals surface area (Å²) in [6.07, 6.45) is 1.59. The summed E-state index contributed by atoms with van der Waals surface area (Å²) < 4.78 is 10.5. The van der Waals surface area contributed by atoms with Gasteiger partial charge in [0.25, 0.3) is 0 Å². The molecular formula is C11H9Cl2NO2. The lowest BCUT2D eigenvalue weighted by Crippen LogP contribution is -1.87. The van der Waals surface area contributed by atoms with Crippen molar-refractivity contribution in [3.8, 4) is 11.8 Å². The van der Waals surface area contributed by atoms with Gasteiger partial charge in [-0.3, -0.25) is 0 Å². The van der Waals surface area contributed by atoms with Crippen LogP contribution in [-0.4, -0.2) is 4.98 Å². The molecule has 0 aliphatic rings. The van der Waals surface area contributed by atoms with Crippen molar-refractivity contribution in [3.05, 3.63) is 40.7 Å².